The van der Waals surface area contributed by atoms with Crippen molar-refractivity contribution in [3.05, 3.63) is 48.0 Å². The molecule has 0 aliphatic carbocycles. The number of methoxy groups -OCH3 is 1. The van der Waals surface area contributed by atoms with Crippen LogP contribution in [0.2, 0.25) is 0 Å². The smallest absolute Gasteiger partial charge is 0.206 e. The van der Waals surface area contributed by atoms with E-state index in [1.165, 1.54) is 11.3 Å². The molecule has 150 valence electrons. The highest BCUT2D eigenvalue weighted by Gasteiger charge is 2.38. The third kappa shape index (κ3) is 3.18. The van der Waals surface area contributed by atoms with Gasteiger partial charge in [-0.25, -0.2) is 8.42 Å². The van der Waals surface area contributed by atoms with E-state index in [9.17, 15) is 8.42 Å². The van der Waals surface area contributed by atoms with Crippen molar-refractivity contribution in [3.8, 4) is 5.75 Å². The van der Waals surface area contributed by atoms with Crippen LogP contribution in [0.1, 0.15) is 31.2 Å². The summed E-state index contributed by atoms with van der Waals surface area (Å²) in [5, 5.41) is 0. The number of anilines is 1. The van der Waals surface area contributed by atoms with Crippen molar-refractivity contribution in [3.63, 3.8) is 0 Å². The Morgan fingerprint density at radius 3 is 2.39 bits per heavy atom. The molecule has 2 aliphatic heterocycles. The van der Waals surface area contributed by atoms with Crippen molar-refractivity contribution in [2.45, 2.75) is 41.5 Å². The fourth-order valence-corrected chi connectivity index (χ4v) is 5.97. The number of sulfone groups is 1. The van der Waals surface area contributed by atoms with E-state index >= 15 is 0 Å². The molecule has 1 fully saturated rings. The van der Waals surface area contributed by atoms with Gasteiger partial charge in [-0.3, -0.25) is 0 Å². The number of nitrogens with zero attached hydrogens (tertiary/aromatic N) is 2. The number of ether oxygens (including phenoxy) is 1. The average molecular weight is 401 g/mol. The van der Waals surface area contributed by atoms with Crippen molar-refractivity contribution in [2.75, 3.05) is 38.7 Å². The lowest BCUT2D eigenvalue weighted by atomic mass is 9.91. The third-order valence-electron chi connectivity index (χ3n) is 6.37. The molecule has 5 nitrogen and oxygen atoms in total. The second-order valence-electron chi connectivity index (χ2n) is 7.70. The summed E-state index contributed by atoms with van der Waals surface area (Å²) < 4.78 is 31.5. The highest BCUT2D eigenvalue weighted by molar-refractivity contribution is 7.91. The maximum absolute atomic E-state index is 13.2. The van der Waals surface area contributed by atoms with Crippen LogP contribution >= 0.6 is 0 Å². The quantitative estimate of drug-likeness (QED) is 0.786. The summed E-state index contributed by atoms with van der Waals surface area (Å²) in [5.41, 5.74) is 2.36. The fraction of sp³-hybridized carbons (Fsp3) is 0.455. The molecule has 6 heteroatoms. The summed E-state index contributed by atoms with van der Waals surface area (Å²) >= 11 is 0. The molecule has 28 heavy (non-hydrogen) atoms. The highest BCUT2D eigenvalue weighted by atomic mass is 32.2. The molecule has 2 aromatic rings. The number of rotatable bonds is 4. The molecule has 0 spiro atoms. The average Bonchev–Trinajstić information content (AvgIpc) is 2.86. The lowest BCUT2D eigenvalue weighted by molar-refractivity contribution is 0.298. The lowest BCUT2D eigenvalue weighted by Crippen LogP contribution is -2.31. The number of benzene rings is 2. The molecule has 2 aromatic carbocycles. The lowest BCUT2D eigenvalue weighted by Gasteiger charge is -2.25. The van der Waals surface area contributed by atoms with Crippen LogP contribution in [0.3, 0.4) is 0 Å². The van der Waals surface area contributed by atoms with Crippen molar-refractivity contribution in [2.24, 2.45) is 0 Å². The monoisotopic (exact) mass is 400 g/mol. The van der Waals surface area contributed by atoms with Crippen molar-refractivity contribution < 1.29 is 13.2 Å². The number of likely N-dealkylation sites (N-methyl/N-ethyl adjacent to an activating group) is 1. The van der Waals surface area contributed by atoms with E-state index in [1.54, 1.807) is 37.4 Å². The third-order valence-corrected chi connectivity index (χ3v) is 8.13. The standard InChI is InChI=1S/C22H28N2O3S/c1-4-24-13-11-19-20-15-18(9-10-21(20)23(2)22(19)12-14-24)28(25,26)17-7-5-16(27-3)6-8-17/h5-10,15,19,22H,4,11-14H2,1-3H3/t19-,22?/m1/s1. The van der Waals surface area contributed by atoms with Crippen LogP contribution in [0, 0.1) is 0 Å². The van der Waals surface area contributed by atoms with Crippen LogP contribution in [-0.2, 0) is 9.84 Å². The fourth-order valence-electron chi connectivity index (χ4n) is 4.67. The van der Waals surface area contributed by atoms with Crippen molar-refractivity contribution in [1.29, 1.82) is 0 Å². The van der Waals surface area contributed by atoms with Gasteiger partial charge in [0, 0.05) is 31.2 Å². The SMILES string of the molecule is CCN1CCC2[C@H](CC1)c1cc(S(=O)(=O)c3ccc(OC)cc3)ccc1N2C. The molecule has 0 radical (unpaired) electrons. The molecule has 0 saturated carbocycles. The van der Waals surface area contributed by atoms with Gasteiger partial charge in [0.1, 0.15) is 5.75 Å². The number of hydrogen-bond acceptors (Lipinski definition) is 5. The Morgan fingerprint density at radius 2 is 1.71 bits per heavy atom. The minimum absolute atomic E-state index is 0.300. The predicted octanol–water partition coefficient (Wildman–Crippen LogP) is 3.55. The number of fused-ring (bicyclic) bond motifs is 3. The Labute approximate surface area is 167 Å². The molecule has 0 aromatic heterocycles. The van der Waals surface area contributed by atoms with Crippen LogP contribution in [0.4, 0.5) is 5.69 Å². The summed E-state index contributed by atoms with van der Waals surface area (Å²) in [5.74, 6) is 1.04. The summed E-state index contributed by atoms with van der Waals surface area (Å²) in [4.78, 5) is 5.52. The zero-order valence-electron chi connectivity index (χ0n) is 16.8. The first kappa shape index (κ1) is 19.3. The second-order valence-corrected chi connectivity index (χ2v) is 9.65. The van der Waals surface area contributed by atoms with Gasteiger partial charge in [0.2, 0.25) is 9.84 Å². The molecule has 2 aliphatic rings. The van der Waals surface area contributed by atoms with E-state index in [-0.39, 0.29) is 0 Å². The van der Waals surface area contributed by atoms with Gasteiger partial charge < -0.3 is 14.5 Å². The maximum atomic E-state index is 13.2. The number of hydrogen-bond donors (Lipinski definition) is 0. The van der Waals surface area contributed by atoms with Crippen LogP contribution < -0.4 is 9.64 Å². The van der Waals surface area contributed by atoms with Gasteiger partial charge in [0.15, 0.2) is 0 Å². The molecule has 1 unspecified atom stereocenters. The Bertz CT molecular complexity index is 956. The van der Waals surface area contributed by atoms with E-state index in [0.29, 0.717) is 27.5 Å². The van der Waals surface area contributed by atoms with E-state index < -0.39 is 9.84 Å². The molecule has 0 amide bonds. The van der Waals surface area contributed by atoms with E-state index in [4.69, 9.17) is 4.74 Å². The summed E-state index contributed by atoms with van der Waals surface area (Å²) in [6, 6.07) is 12.7. The van der Waals surface area contributed by atoms with Gasteiger partial charge in [-0.1, -0.05) is 6.92 Å². The molecular weight excluding hydrogens is 372 g/mol. The van der Waals surface area contributed by atoms with Crippen LogP contribution in [0.15, 0.2) is 52.3 Å². The van der Waals surface area contributed by atoms with Gasteiger partial charge in [-0.2, -0.15) is 0 Å². The van der Waals surface area contributed by atoms with Crippen LogP contribution in [0.5, 0.6) is 5.75 Å². The zero-order chi connectivity index (χ0) is 19.9. The zero-order valence-corrected chi connectivity index (χ0v) is 17.6. The molecule has 0 N–H and O–H groups in total. The minimum Gasteiger partial charge on any atom is -0.497 e. The first-order valence-electron chi connectivity index (χ1n) is 9.94. The minimum atomic E-state index is -3.55. The Kier molecular flexibility index (Phi) is 5.10. The van der Waals surface area contributed by atoms with Crippen molar-refractivity contribution >= 4 is 15.5 Å². The molecule has 4 rings (SSSR count). The summed E-state index contributed by atoms with van der Waals surface area (Å²) in [6.45, 7) is 5.45. The van der Waals surface area contributed by atoms with Gasteiger partial charge in [-0.05, 0) is 74.0 Å². The Balaban J connectivity index is 1.70. The Hall–Kier alpha value is -2.05. The van der Waals surface area contributed by atoms with Crippen LogP contribution in [-0.4, -0.2) is 53.2 Å². The van der Waals surface area contributed by atoms with Gasteiger partial charge in [-0.15, -0.1) is 0 Å². The maximum Gasteiger partial charge on any atom is 0.206 e. The van der Waals surface area contributed by atoms with Gasteiger partial charge in [0.25, 0.3) is 0 Å². The second kappa shape index (κ2) is 7.41. The molecule has 2 atom stereocenters. The number of likely N-dealkylation sites (tertiary alicyclic amines) is 1. The molecule has 1 saturated heterocycles. The summed E-state index contributed by atoms with van der Waals surface area (Å²) in [6.07, 6.45) is 2.19. The predicted molar refractivity (Wildman–Crippen MR) is 111 cm³/mol. The first-order valence-corrected chi connectivity index (χ1v) is 11.4. The van der Waals surface area contributed by atoms with Crippen LogP contribution in [0.25, 0.3) is 0 Å². The van der Waals surface area contributed by atoms with E-state index in [2.05, 4.69) is 23.8 Å². The van der Waals surface area contributed by atoms with E-state index in [0.717, 1.165) is 32.5 Å². The molecule has 2 heterocycles. The topological polar surface area (TPSA) is 49.9 Å². The Morgan fingerprint density at radius 1 is 1.04 bits per heavy atom. The molecular formula is C22H28N2O3S. The first-order chi connectivity index (χ1) is 13.5. The molecule has 0 bridgehead atoms. The highest BCUT2D eigenvalue weighted by Crippen LogP contribution is 2.45. The van der Waals surface area contributed by atoms with Crippen molar-refractivity contribution in [1.82, 2.24) is 4.90 Å². The van der Waals surface area contributed by atoms with Gasteiger partial charge >= 0.3 is 0 Å². The largest absolute Gasteiger partial charge is 0.497 e. The normalized spacial score (nSPS) is 22.5. The van der Waals surface area contributed by atoms with E-state index in [1.807, 2.05) is 12.1 Å². The van der Waals surface area contributed by atoms with Gasteiger partial charge in [0.05, 0.1) is 16.9 Å². The summed E-state index contributed by atoms with van der Waals surface area (Å²) in [7, 11) is 0.164.